The highest BCUT2D eigenvalue weighted by molar-refractivity contribution is 7.17. The molecule has 2 N–H and O–H groups in total. The van der Waals surface area contributed by atoms with Crippen LogP contribution in [0.5, 0.6) is 0 Å². The van der Waals surface area contributed by atoms with Crippen LogP contribution in [0.15, 0.2) is 43.8 Å². The van der Waals surface area contributed by atoms with E-state index >= 15 is 0 Å². The highest BCUT2D eigenvalue weighted by atomic mass is 32.1. The molecule has 34 heavy (non-hydrogen) atoms. The second-order valence-electron chi connectivity index (χ2n) is 9.16. The maximum Gasteiger partial charge on any atom is 0.332 e. The molecule has 1 aliphatic carbocycles. The Balaban J connectivity index is 1.49. The maximum absolute atomic E-state index is 13.3. The zero-order chi connectivity index (χ0) is 24.2. The first-order valence-electron chi connectivity index (χ1n) is 11.6. The predicted molar refractivity (Wildman–Crippen MR) is 130 cm³/mol. The van der Waals surface area contributed by atoms with E-state index in [1.807, 2.05) is 13.8 Å². The molecule has 0 spiro atoms. The lowest BCUT2D eigenvalue weighted by Gasteiger charge is -2.28. The Labute approximate surface area is 200 Å². The Kier molecular flexibility index (Phi) is 7.35. The molecular formula is C24H30N4O5S. The summed E-state index contributed by atoms with van der Waals surface area (Å²) in [5.41, 5.74) is -0.330. The summed E-state index contributed by atoms with van der Waals surface area (Å²) in [6, 6.07) is 5.30. The Morgan fingerprint density at radius 1 is 1.15 bits per heavy atom. The summed E-state index contributed by atoms with van der Waals surface area (Å²) < 4.78 is 8.31. The van der Waals surface area contributed by atoms with Gasteiger partial charge in [0.2, 0.25) is 11.8 Å². The highest BCUT2D eigenvalue weighted by Gasteiger charge is 2.28. The van der Waals surface area contributed by atoms with Crippen LogP contribution in [0, 0.1) is 11.8 Å². The summed E-state index contributed by atoms with van der Waals surface area (Å²) in [5.74, 6) is 0.460. The highest BCUT2D eigenvalue weighted by Crippen LogP contribution is 2.30. The lowest BCUT2D eigenvalue weighted by molar-refractivity contribution is -0.126. The monoisotopic (exact) mass is 486 g/mol. The summed E-state index contributed by atoms with van der Waals surface area (Å²) in [6.45, 7) is 4.21. The van der Waals surface area contributed by atoms with E-state index in [2.05, 4.69) is 10.6 Å². The molecule has 0 aromatic carbocycles. The fraction of sp³-hybridized carbons (Fsp3) is 0.500. The number of furan rings is 1. The number of aromatic nitrogens is 2. The number of nitrogens with zero attached hydrogens (tertiary/aromatic N) is 2. The van der Waals surface area contributed by atoms with Crippen molar-refractivity contribution >= 4 is 33.4 Å². The van der Waals surface area contributed by atoms with Crippen molar-refractivity contribution in [1.29, 1.82) is 0 Å². The molecule has 1 aliphatic rings. The molecule has 0 unspecified atom stereocenters. The molecule has 0 bridgehead atoms. The Bertz CT molecular complexity index is 1260. The van der Waals surface area contributed by atoms with E-state index in [4.69, 9.17) is 4.42 Å². The molecule has 1 saturated carbocycles. The molecule has 0 saturated heterocycles. The molecule has 10 heteroatoms. The van der Waals surface area contributed by atoms with Gasteiger partial charge in [0.05, 0.1) is 18.3 Å². The molecule has 182 valence electrons. The largest absolute Gasteiger partial charge is 0.467 e. The lowest BCUT2D eigenvalue weighted by atomic mass is 9.81. The van der Waals surface area contributed by atoms with Crippen molar-refractivity contribution in [2.24, 2.45) is 11.8 Å². The molecular weight excluding hydrogens is 456 g/mol. The SMILES string of the molecule is CC(C)NC(=O)C1CCC(Cn2c(=O)c3sccc3n(CC(=O)NCc3ccco3)c2=O)CC1. The van der Waals surface area contributed by atoms with Crippen molar-refractivity contribution < 1.29 is 14.0 Å². The van der Waals surface area contributed by atoms with E-state index < -0.39 is 5.69 Å². The van der Waals surface area contributed by atoms with Gasteiger partial charge in [-0.05, 0) is 69.0 Å². The molecule has 3 aromatic rings. The van der Waals surface area contributed by atoms with Crippen molar-refractivity contribution in [3.05, 3.63) is 56.4 Å². The number of carbonyl (C=O) groups excluding carboxylic acids is 2. The topological polar surface area (TPSA) is 115 Å². The second-order valence-corrected chi connectivity index (χ2v) is 10.1. The summed E-state index contributed by atoms with van der Waals surface area (Å²) in [7, 11) is 0. The Hall–Kier alpha value is -3.14. The Morgan fingerprint density at radius 2 is 1.91 bits per heavy atom. The molecule has 3 aromatic heterocycles. The molecule has 4 rings (SSSR count). The van der Waals surface area contributed by atoms with Gasteiger partial charge in [0, 0.05) is 18.5 Å². The van der Waals surface area contributed by atoms with Crippen molar-refractivity contribution in [2.75, 3.05) is 0 Å². The smallest absolute Gasteiger partial charge is 0.332 e. The fourth-order valence-electron chi connectivity index (χ4n) is 4.51. The first kappa shape index (κ1) is 24.0. The minimum Gasteiger partial charge on any atom is -0.467 e. The lowest BCUT2D eigenvalue weighted by Crippen LogP contribution is -2.44. The van der Waals surface area contributed by atoms with Crippen LogP contribution in [-0.4, -0.2) is 27.0 Å². The Morgan fingerprint density at radius 3 is 2.59 bits per heavy atom. The van der Waals surface area contributed by atoms with E-state index in [1.54, 1.807) is 23.6 Å². The van der Waals surface area contributed by atoms with Crippen LogP contribution in [-0.2, 0) is 29.2 Å². The van der Waals surface area contributed by atoms with Gasteiger partial charge in [-0.3, -0.25) is 23.5 Å². The third kappa shape index (κ3) is 5.32. The average Bonchev–Trinajstić information content (AvgIpc) is 3.50. The van der Waals surface area contributed by atoms with Gasteiger partial charge in [0.25, 0.3) is 5.56 Å². The number of thiophene rings is 1. The number of carbonyl (C=O) groups is 2. The molecule has 9 nitrogen and oxygen atoms in total. The van der Waals surface area contributed by atoms with E-state index in [-0.39, 0.29) is 54.9 Å². The zero-order valence-electron chi connectivity index (χ0n) is 19.4. The van der Waals surface area contributed by atoms with Gasteiger partial charge in [-0.25, -0.2) is 4.79 Å². The minimum absolute atomic E-state index is 0.0235. The standard InChI is InChI=1S/C24H30N4O5S/c1-15(2)26-22(30)17-7-5-16(6-8-17)13-28-23(31)21-19(9-11-34-21)27(24(28)32)14-20(29)25-12-18-4-3-10-33-18/h3-4,9-11,15-17H,5-8,12-14H2,1-2H3,(H,25,29)(H,26,30). The first-order valence-corrected chi connectivity index (χ1v) is 12.5. The van der Waals surface area contributed by atoms with Gasteiger partial charge in [-0.15, -0.1) is 11.3 Å². The number of hydrogen-bond acceptors (Lipinski definition) is 6. The van der Waals surface area contributed by atoms with Gasteiger partial charge in [0.1, 0.15) is 17.0 Å². The fourth-order valence-corrected chi connectivity index (χ4v) is 5.36. The van der Waals surface area contributed by atoms with Gasteiger partial charge in [0.15, 0.2) is 0 Å². The van der Waals surface area contributed by atoms with E-state index in [0.717, 1.165) is 25.7 Å². The van der Waals surface area contributed by atoms with Gasteiger partial charge < -0.3 is 15.1 Å². The average molecular weight is 487 g/mol. The minimum atomic E-state index is -0.483. The summed E-state index contributed by atoms with van der Waals surface area (Å²) in [4.78, 5) is 51.3. The number of amides is 2. The molecule has 3 heterocycles. The third-order valence-electron chi connectivity index (χ3n) is 6.27. The van der Waals surface area contributed by atoms with Crippen molar-refractivity contribution in [3.8, 4) is 0 Å². The second kappa shape index (κ2) is 10.4. The van der Waals surface area contributed by atoms with Gasteiger partial charge in [-0.2, -0.15) is 0 Å². The predicted octanol–water partition coefficient (Wildman–Crippen LogP) is 2.47. The van der Waals surface area contributed by atoms with Crippen LogP contribution in [0.1, 0.15) is 45.3 Å². The quantitative estimate of drug-likeness (QED) is 0.508. The van der Waals surface area contributed by atoms with Gasteiger partial charge in [-0.1, -0.05) is 0 Å². The van der Waals surface area contributed by atoms with Crippen LogP contribution < -0.4 is 21.9 Å². The maximum atomic E-state index is 13.3. The van der Waals surface area contributed by atoms with Crippen LogP contribution in [0.2, 0.25) is 0 Å². The number of rotatable bonds is 8. The van der Waals surface area contributed by atoms with Crippen molar-refractivity contribution in [1.82, 2.24) is 19.8 Å². The van der Waals surface area contributed by atoms with Crippen LogP contribution in [0.3, 0.4) is 0 Å². The van der Waals surface area contributed by atoms with E-state index in [1.165, 1.54) is 26.7 Å². The van der Waals surface area contributed by atoms with Crippen molar-refractivity contribution in [2.45, 2.75) is 65.2 Å². The van der Waals surface area contributed by atoms with Crippen LogP contribution in [0.4, 0.5) is 0 Å². The van der Waals surface area contributed by atoms with Crippen LogP contribution in [0.25, 0.3) is 10.2 Å². The molecule has 2 amide bonds. The third-order valence-corrected chi connectivity index (χ3v) is 7.16. The van der Waals surface area contributed by atoms with E-state index in [9.17, 15) is 19.2 Å². The summed E-state index contributed by atoms with van der Waals surface area (Å²) in [6.07, 6.45) is 4.55. The summed E-state index contributed by atoms with van der Waals surface area (Å²) >= 11 is 1.27. The molecule has 0 radical (unpaired) electrons. The van der Waals surface area contributed by atoms with Crippen molar-refractivity contribution in [3.63, 3.8) is 0 Å². The summed E-state index contributed by atoms with van der Waals surface area (Å²) in [5, 5.41) is 7.47. The zero-order valence-corrected chi connectivity index (χ0v) is 20.2. The number of hydrogen-bond donors (Lipinski definition) is 2. The first-order chi connectivity index (χ1) is 16.3. The van der Waals surface area contributed by atoms with Gasteiger partial charge >= 0.3 is 5.69 Å². The normalized spacial score (nSPS) is 18.3. The van der Waals surface area contributed by atoms with E-state index in [0.29, 0.717) is 16.0 Å². The number of nitrogens with one attached hydrogen (secondary N) is 2. The molecule has 1 fully saturated rings. The molecule has 0 aliphatic heterocycles. The number of fused-ring (bicyclic) bond motifs is 1. The molecule has 0 atom stereocenters. The van der Waals surface area contributed by atoms with Crippen LogP contribution >= 0.6 is 11.3 Å².